The fourth-order valence-corrected chi connectivity index (χ4v) is 10.0. The third kappa shape index (κ3) is 4.84. The molecule has 14 heteroatoms. The molecule has 0 saturated heterocycles. The Morgan fingerprint density at radius 1 is 0.902 bits per heavy atom. The maximum Gasteiger partial charge on any atom is 1.00 e. The first-order valence-corrected chi connectivity index (χ1v) is 15.7. The Kier molecular flexibility index (Phi) is 10.0. The summed E-state index contributed by atoms with van der Waals surface area (Å²) in [6, 6.07) is 0. The summed E-state index contributed by atoms with van der Waals surface area (Å²) >= 11 is 0. The molecule has 4 saturated carbocycles. The summed E-state index contributed by atoms with van der Waals surface area (Å²) in [4.78, 5) is 0. The maximum absolute atomic E-state index is 12.5. The standard InChI is InChI=1S/C27H48O12S.Na/c1-13(2)16(28)7-6-14(3)15-12-19(30)27(35)23(15,4)11-9-18-24(5)10-8-17(29)20(31)26(24,34)22(39-40(36,37)38)21(32)25(18,27)33;/h13-22,28-35H,6-12H2,1-5H3,(H,36,37,38);/q;+1/p-1/t14-,15-,16+,17+,18-,19+,20+,21+,22+,23-,24-,25-,26+,27+;/m1./s1. The smallest absolute Gasteiger partial charge is 0.726 e. The summed E-state index contributed by atoms with van der Waals surface area (Å²) < 4.78 is 40.1. The zero-order chi connectivity index (χ0) is 30.4. The quantitative estimate of drug-likeness (QED) is 0.0780. The van der Waals surface area contributed by atoms with Crippen molar-refractivity contribution in [3.05, 3.63) is 0 Å². The summed E-state index contributed by atoms with van der Waals surface area (Å²) in [7, 11) is -5.64. The van der Waals surface area contributed by atoms with E-state index in [1.54, 1.807) is 6.92 Å². The van der Waals surface area contributed by atoms with Crippen LogP contribution < -0.4 is 29.6 Å². The summed E-state index contributed by atoms with van der Waals surface area (Å²) in [6.45, 7) is 8.88. The predicted molar refractivity (Wildman–Crippen MR) is 139 cm³/mol. The summed E-state index contributed by atoms with van der Waals surface area (Å²) in [5.74, 6) is -1.66. The molecular weight excluding hydrogens is 571 g/mol. The molecule has 0 spiro atoms. The zero-order valence-electron chi connectivity index (χ0n) is 24.8. The second-order valence-electron chi connectivity index (χ2n) is 14.0. The van der Waals surface area contributed by atoms with Gasteiger partial charge in [0, 0.05) is 16.7 Å². The van der Waals surface area contributed by atoms with Crippen LogP contribution in [-0.4, -0.2) is 107 Å². The van der Waals surface area contributed by atoms with E-state index < -0.39 is 80.6 Å². The molecule has 0 aliphatic heterocycles. The number of rotatable bonds is 7. The zero-order valence-corrected chi connectivity index (χ0v) is 27.7. The van der Waals surface area contributed by atoms with Crippen molar-refractivity contribution >= 4 is 10.4 Å². The van der Waals surface area contributed by atoms with Gasteiger partial charge in [-0.1, -0.05) is 34.6 Å². The molecule has 12 nitrogen and oxygen atoms in total. The fourth-order valence-electron chi connectivity index (χ4n) is 9.54. The first kappa shape index (κ1) is 36.0. The molecule has 0 bridgehead atoms. The molecule has 0 aromatic rings. The second-order valence-corrected chi connectivity index (χ2v) is 15.0. The van der Waals surface area contributed by atoms with Gasteiger partial charge in [0.25, 0.3) is 0 Å². The molecule has 0 aromatic heterocycles. The molecule has 4 fully saturated rings. The molecule has 14 atom stereocenters. The Hall–Kier alpha value is 0.550. The van der Waals surface area contributed by atoms with Crippen molar-refractivity contribution in [3.8, 4) is 0 Å². The molecule has 0 amide bonds. The molecule has 234 valence electrons. The van der Waals surface area contributed by atoms with E-state index in [4.69, 9.17) is 0 Å². The summed E-state index contributed by atoms with van der Waals surface area (Å²) in [5, 5.41) is 91.8. The van der Waals surface area contributed by atoms with Crippen LogP contribution in [0.4, 0.5) is 0 Å². The predicted octanol–water partition coefficient (Wildman–Crippen LogP) is -3.84. The van der Waals surface area contributed by atoms with Crippen LogP contribution in [0.15, 0.2) is 0 Å². The van der Waals surface area contributed by atoms with Crippen molar-refractivity contribution in [3.63, 3.8) is 0 Å². The average Bonchev–Trinajstić information content (AvgIpc) is 3.07. The molecule has 4 rings (SSSR count). The van der Waals surface area contributed by atoms with Crippen LogP contribution in [0, 0.1) is 34.5 Å². The monoisotopic (exact) mass is 618 g/mol. The van der Waals surface area contributed by atoms with Crippen molar-refractivity contribution < 1.29 is 87.6 Å². The van der Waals surface area contributed by atoms with Gasteiger partial charge in [0.1, 0.15) is 35.1 Å². The molecule has 0 unspecified atom stereocenters. The number of aliphatic hydroxyl groups excluding tert-OH is 5. The van der Waals surface area contributed by atoms with Gasteiger partial charge in [-0.2, -0.15) is 0 Å². The van der Waals surface area contributed by atoms with Crippen molar-refractivity contribution in [1.29, 1.82) is 0 Å². The van der Waals surface area contributed by atoms with Crippen LogP contribution in [-0.2, 0) is 14.6 Å². The van der Waals surface area contributed by atoms with Crippen LogP contribution in [0.2, 0.25) is 0 Å². The van der Waals surface area contributed by atoms with E-state index in [-0.39, 0.29) is 79.4 Å². The topological polar surface area (TPSA) is 228 Å². The average molecular weight is 619 g/mol. The number of hydrogen-bond acceptors (Lipinski definition) is 12. The third-order valence-corrected chi connectivity index (χ3v) is 12.4. The minimum absolute atomic E-state index is 0. The van der Waals surface area contributed by atoms with E-state index in [2.05, 4.69) is 4.18 Å². The molecule has 4 aliphatic rings. The Bertz CT molecular complexity index is 1080. The number of fused-ring (bicyclic) bond motifs is 5. The van der Waals surface area contributed by atoms with Gasteiger partial charge in [-0.15, -0.1) is 0 Å². The van der Waals surface area contributed by atoms with Gasteiger partial charge in [0.2, 0.25) is 10.4 Å². The minimum Gasteiger partial charge on any atom is -0.726 e. The van der Waals surface area contributed by atoms with Crippen molar-refractivity contribution in [2.24, 2.45) is 34.5 Å². The van der Waals surface area contributed by atoms with Gasteiger partial charge in [-0.25, -0.2) is 8.42 Å². The van der Waals surface area contributed by atoms with Crippen molar-refractivity contribution in [2.45, 2.75) is 133 Å². The minimum atomic E-state index is -5.64. The van der Waals surface area contributed by atoms with Gasteiger partial charge in [-0.05, 0) is 62.7 Å². The Morgan fingerprint density at radius 3 is 2.00 bits per heavy atom. The summed E-state index contributed by atoms with van der Waals surface area (Å²) in [5.41, 5.74) is -10.7. The van der Waals surface area contributed by atoms with Crippen LogP contribution >= 0.6 is 0 Å². The Balaban J connectivity index is 0.00000462. The van der Waals surface area contributed by atoms with E-state index in [0.29, 0.717) is 12.8 Å². The fraction of sp³-hybridized carbons (Fsp3) is 1.00. The van der Waals surface area contributed by atoms with Crippen LogP contribution in [0.3, 0.4) is 0 Å². The largest absolute Gasteiger partial charge is 1.00 e. The first-order chi connectivity index (χ1) is 18.1. The molecule has 0 radical (unpaired) electrons. The van der Waals surface area contributed by atoms with E-state index >= 15 is 0 Å². The SMILES string of the molecule is CC(C)[C@@H](O)CC[C@@H](C)[C@H]1C[C@H](O)[C@@]2(O)[C@]3(O)[C@@H](O)[C@H](OS(=O)(=O)[O-])[C@@]4(O)[C@@H](O)[C@@H](O)CC[C@]4(C)[C@H]3CC[C@]12C.[Na+]. The van der Waals surface area contributed by atoms with Crippen molar-refractivity contribution in [1.82, 2.24) is 0 Å². The van der Waals surface area contributed by atoms with Gasteiger partial charge >= 0.3 is 29.6 Å². The second kappa shape index (κ2) is 11.4. The van der Waals surface area contributed by atoms with Gasteiger partial charge in [0.05, 0.1) is 18.3 Å². The molecule has 4 aliphatic carbocycles. The van der Waals surface area contributed by atoms with Gasteiger partial charge in [-0.3, -0.25) is 4.18 Å². The first-order valence-electron chi connectivity index (χ1n) is 14.4. The Labute approximate surface area is 264 Å². The molecule has 0 heterocycles. The van der Waals surface area contributed by atoms with Crippen LogP contribution in [0.1, 0.15) is 79.6 Å². The maximum atomic E-state index is 12.5. The number of hydrogen-bond donors (Lipinski definition) is 8. The molecule has 8 N–H and O–H groups in total. The summed E-state index contributed by atoms with van der Waals surface area (Å²) in [6.07, 6.45) is -9.31. The van der Waals surface area contributed by atoms with Crippen LogP contribution in [0.5, 0.6) is 0 Å². The van der Waals surface area contributed by atoms with Crippen LogP contribution in [0.25, 0.3) is 0 Å². The van der Waals surface area contributed by atoms with Gasteiger partial charge < -0.3 is 45.4 Å². The van der Waals surface area contributed by atoms with E-state index in [0.717, 1.165) is 0 Å². The normalized spacial score (nSPS) is 51.2. The molecular formula is C27H47NaO12S. The van der Waals surface area contributed by atoms with E-state index in [9.17, 15) is 53.8 Å². The van der Waals surface area contributed by atoms with E-state index in [1.807, 2.05) is 20.8 Å². The van der Waals surface area contributed by atoms with E-state index in [1.165, 1.54) is 6.92 Å². The van der Waals surface area contributed by atoms with Crippen molar-refractivity contribution in [2.75, 3.05) is 0 Å². The Morgan fingerprint density at radius 2 is 1.46 bits per heavy atom. The third-order valence-electron chi connectivity index (χ3n) is 12.0. The molecule has 41 heavy (non-hydrogen) atoms. The van der Waals surface area contributed by atoms with Gasteiger partial charge in [0.15, 0.2) is 0 Å². The molecule has 0 aromatic carbocycles. The number of aliphatic hydroxyl groups is 8.